The number of likely N-dealkylation sites (N-methyl/N-ethyl adjacent to an activating group) is 1. The molecule has 0 saturated heterocycles. The zero-order valence-electron chi connectivity index (χ0n) is 49.2. The Kier molecular flexibility index (Phi) is 54.4. The van der Waals surface area contributed by atoms with Gasteiger partial charge < -0.3 is 33.3 Å². The highest BCUT2D eigenvalue weighted by molar-refractivity contribution is 5.70. The van der Waals surface area contributed by atoms with Crippen molar-refractivity contribution in [2.45, 2.75) is 302 Å². The van der Waals surface area contributed by atoms with E-state index in [1.54, 1.807) is 0 Å². The van der Waals surface area contributed by atoms with Gasteiger partial charge in [-0.25, -0.2) is 0 Å². The SMILES string of the molecule is CCCC/C=C\C/C=C\CCCCCCCC(=O)OCC(COC(OCC[N+](C)(C)C)C(=O)[O-])OC(=O)CCCCCCCCCCCCCCCCCCCCCCCCC/C=C\C/C=C\CCCCCCC. The van der Waals surface area contributed by atoms with Gasteiger partial charge in [0.05, 0.1) is 40.3 Å². The monoisotopic (exact) mass is 1040 g/mol. The van der Waals surface area contributed by atoms with E-state index in [-0.39, 0.29) is 38.6 Å². The van der Waals surface area contributed by atoms with Gasteiger partial charge in [-0.15, -0.1) is 0 Å². The fourth-order valence-corrected chi connectivity index (χ4v) is 8.94. The van der Waals surface area contributed by atoms with Gasteiger partial charge in [-0.2, -0.15) is 0 Å². The first-order chi connectivity index (χ1) is 36.1. The molecule has 0 fully saturated rings. The van der Waals surface area contributed by atoms with Crippen LogP contribution in [0.2, 0.25) is 0 Å². The molecule has 0 aliphatic heterocycles. The second kappa shape index (κ2) is 56.5. The Hall–Kier alpha value is -2.75. The van der Waals surface area contributed by atoms with Crippen molar-refractivity contribution >= 4 is 17.9 Å². The molecule has 0 aliphatic rings. The Balaban J connectivity index is 4.02. The van der Waals surface area contributed by atoms with Crippen molar-refractivity contribution in [3.05, 3.63) is 48.6 Å². The second-order valence-corrected chi connectivity index (χ2v) is 22.3. The van der Waals surface area contributed by atoms with E-state index in [1.807, 2.05) is 21.1 Å². The quantitative estimate of drug-likeness (QED) is 0.0195. The second-order valence-electron chi connectivity index (χ2n) is 22.3. The number of hydrogen-bond acceptors (Lipinski definition) is 8. The third-order valence-electron chi connectivity index (χ3n) is 13.8. The normalized spacial score (nSPS) is 13.0. The third-order valence-corrected chi connectivity index (χ3v) is 13.8. The molecule has 0 aromatic heterocycles. The van der Waals surface area contributed by atoms with Gasteiger partial charge in [0.1, 0.15) is 13.2 Å². The van der Waals surface area contributed by atoms with Crippen LogP contribution in [0, 0.1) is 0 Å². The van der Waals surface area contributed by atoms with Crippen LogP contribution in [0.25, 0.3) is 0 Å². The summed E-state index contributed by atoms with van der Waals surface area (Å²) in [6.07, 6.45) is 67.6. The van der Waals surface area contributed by atoms with Crippen molar-refractivity contribution in [3.63, 3.8) is 0 Å². The Morgan fingerprint density at radius 1 is 0.405 bits per heavy atom. The summed E-state index contributed by atoms with van der Waals surface area (Å²) >= 11 is 0. The average molecular weight is 1040 g/mol. The van der Waals surface area contributed by atoms with Crippen molar-refractivity contribution in [3.8, 4) is 0 Å². The lowest BCUT2D eigenvalue weighted by Gasteiger charge is -2.26. The maximum absolute atomic E-state index is 12.9. The van der Waals surface area contributed by atoms with Crippen molar-refractivity contribution < 1.29 is 42.9 Å². The van der Waals surface area contributed by atoms with Gasteiger partial charge in [0.25, 0.3) is 0 Å². The first kappa shape index (κ1) is 71.2. The van der Waals surface area contributed by atoms with E-state index in [0.29, 0.717) is 17.4 Å². The Labute approximate surface area is 457 Å². The highest BCUT2D eigenvalue weighted by Crippen LogP contribution is 2.17. The molecular weight excluding hydrogens is 923 g/mol. The highest BCUT2D eigenvalue weighted by Gasteiger charge is 2.22. The van der Waals surface area contributed by atoms with E-state index in [4.69, 9.17) is 18.9 Å². The minimum Gasteiger partial charge on any atom is -0.545 e. The first-order valence-electron chi connectivity index (χ1n) is 31.3. The van der Waals surface area contributed by atoms with Crippen LogP contribution in [-0.4, -0.2) is 82.3 Å². The molecule has 0 saturated carbocycles. The zero-order valence-corrected chi connectivity index (χ0v) is 49.2. The molecule has 0 N–H and O–H groups in total. The number of quaternary nitrogens is 1. The minimum atomic E-state index is -1.62. The minimum absolute atomic E-state index is 0.146. The number of carboxylic acid groups (broad SMARTS) is 1. The smallest absolute Gasteiger partial charge is 0.306 e. The third kappa shape index (κ3) is 57.0. The summed E-state index contributed by atoms with van der Waals surface area (Å²) in [7, 11) is 5.92. The lowest BCUT2D eigenvalue weighted by atomic mass is 10.0. The first-order valence-corrected chi connectivity index (χ1v) is 31.3. The van der Waals surface area contributed by atoms with E-state index < -0.39 is 24.3 Å². The summed E-state index contributed by atoms with van der Waals surface area (Å²) in [5.41, 5.74) is 0. The van der Waals surface area contributed by atoms with Gasteiger partial charge in [-0.05, 0) is 70.6 Å². The number of nitrogens with zero attached hydrogens (tertiary/aromatic N) is 1. The van der Waals surface area contributed by atoms with Gasteiger partial charge in [0.2, 0.25) is 0 Å². The maximum Gasteiger partial charge on any atom is 0.306 e. The number of carboxylic acids is 1. The molecule has 2 atom stereocenters. The van der Waals surface area contributed by atoms with Gasteiger partial charge in [0.15, 0.2) is 12.4 Å². The van der Waals surface area contributed by atoms with Crippen molar-refractivity contribution in [1.29, 1.82) is 0 Å². The molecule has 0 amide bonds. The number of ether oxygens (including phenoxy) is 4. The summed E-state index contributed by atoms with van der Waals surface area (Å²) < 4.78 is 22.7. The molecular formula is C65H119NO8. The molecule has 0 spiro atoms. The molecule has 9 heteroatoms. The van der Waals surface area contributed by atoms with Gasteiger partial charge in [-0.3, -0.25) is 9.59 Å². The lowest BCUT2D eigenvalue weighted by molar-refractivity contribution is -0.870. The number of esters is 2. The summed E-state index contributed by atoms with van der Waals surface area (Å²) in [6, 6.07) is 0. The van der Waals surface area contributed by atoms with E-state index in [2.05, 4.69) is 62.5 Å². The van der Waals surface area contributed by atoms with Crippen LogP contribution in [0.4, 0.5) is 0 Å². The predicted molar refractivity (Wildman–Crippen MR) is 311 cm³/mol. The van der Waals surface area contributed by atoms with Crippen molar-refractivity contribution in [1.82, 2.24) is 0 Å². The Morgan fingerprint density at radius 3 is 1.11 bits per heavy atom. The zero-order chi connectivity index (χ0) is 54.1. The molecule has 9 nitrogen and oxygen atoms in total. The average Bonchev–Trinajstić information content (AvgIpc) is 3.37. The molecule has 0 aromatic carbocycles. The summed E-state index contributed by atoms with van der Waals surface area (Å²) in [6.45, 7) is 4.71. The van der Waals surface area contributed by atoms with Crippen LogP contribution >= 0.6 is 0 Å². The topological polar surface area (TPSA) is 111 Å². The highest BCUT2D eigenvalue weighted by atomic mass is 16.7. The van der Waals surface area contributed by atoms with E-state index >= 15 is 0 Å². The van der Waals surface area contributed by atoms with Crippen molar-refractivity contribution in [2.24, 2.45) is 0 Å². The van der Waals surface area contributed by atoms with Gasteiger partial charge in [-0.1, -0.05) is 255 Å². The van der Waals surface area contributed by atoms with Crippen molar-refractivity contribution in [2.75, 3.05) is 47.5 Å². The van der Waals surface area contributed by atoms with Crippen LogP contribution in [0.5, 0.6) is 0 Å². The predicted octanol–water partition coefficient (Wildman–Crippen LogP) is 17.3. The molecule has 2 unspecified atom stereocenters. The summed E-state index contributed by atoms with van der Waals surface area (Å²) in [5, 5.41) is 11.8. The number of hydrogen-bond donors (Lipinski definition) is 0. The fraction of sp³-hybridized carbons (Fsp3) is 0.831. The van der Waals surface area contributed by atoms with E-state index in [0.717, 1.165) is 70.6 Å². The maximum atomic E-state index is 12.9. The van der Waals surface area contributed by atoms with Crippen LogP contribution < -0.4 is 5.11 Å². The molecule has 432 valence electrons. The summed E-state index contributed by atoms with van der Waals surface area (Å²) in [5.74, 6) is -2.29. The lowest BCUT2D eigenvalue weighted by Crippen LogP contribution is -2.44. The number of allylic oxidation sites excluding steroid dienone is 8. The van der Waals surface area contributed by atoms with Crippen LogP contribution in [0.3, 0.4) is 0 Å². The van der Waals surface area contributed by atoms with Crippen LogP contribution in [0.1, 0.15) is 290 Å². The Morgan fingerprint density at radius 2 is 0.743 bits per heavy atom. The number of unbranched alkanes of at least 4 members (excludes halogenated alkanes) is 35. The molecule has 0 rings (SSSR count). The molecule has 74 heavy (non-hydrogen) atoms. The fourth-order valence-electron chi connectivity index (χ4n) is 8.94. The number of carbonyl (C=O) groups excluding carboxylic acids is 3. The van der Waals surface area contributed by atoms with E-state index in [1.165, 1.54) is 186 Å². The van der Waals surface area contributed by atoms with Gasteiger partial charge in [0, 0.05) is 12.8 Å². The standard InChI is InChI=1S/C65H119NO8/c1-6-8-10-12-14-16-18-20-22-23-24-25-26-27-28-29-30-31-32-33-34-35-36-37-38-39-40-41-42-44-46-48-50-52-54-56-63(68)74-61(60-73-65(64(69)70)71-58-57-66(3,4)5)59-72-62(67)55-53-51-49-47-45-43-21-19-17-15-13-11-9-7-2/h13,15,18-21,23-24,61,65H,6-12,14,16-17,22,25-60H2,1-5H3/b15-13-,20-18-,21-19-,24-23-. The molecule has 0 heterocycles. The molecule has 0 aliphatic carbocycles. The van der Waals surface area contributed by atoms with Gasteiger partial charge >= 0.3 is 11.9 Å². The number of aliphatic carboxylic acids is 1. The van der Waals surface area contributed by atoms with Crippen LogP contribution in [0.15, 0.2) is 48.6 Å². The Bertz CT molecular complexity index is 1350. The number of carbonyl (C=O) groups is 3. The summed E-state index contributed by atoms with van der Waals surface area (Å²) in [4.78, 5) is 37.2. The number of rotatable bonds is 58. The molecule has 0 bridgehead atoms. The molecule has 0 radical (unpaired) electrons. The van der Waals surface area contributed by atoms with Crippen LogP contribution in [-0.2, 0) is 33.3 Å². The molecule has 0 aromatic rings. The van der Waals surface area contributed by atoms with E-state index in [9.17, 15) is 19.5 Å². The largest absolute Gasteiger partial charge is 0.545 e.